The number of esters is 1. The number of ether oxygens (including phenoxy) is 2. The van der Waals surface area contributed by atoms with Crippen molar-refractivity contribution >= 4 is 58.4 Å². The van der Waals surface area contributed by atoms with E-state index in [-0.39, 0.29) is 30.5 Å². The van der Waals surface area contributed by atoms with Crippen LogP contribution in [0.2, 0.25) is 0 Å². The first-order valence-electron chi connectivity index (χ1n) is 16.4. The van der Waals surface area contributed by atoms with E-state index in [2.05, 4.69) is 5.32 Å². The Balaban J connectivity index is 1.71. The van der Waals surface area contributed by atoms with Gasteiger partial charge < -0.3 is 35.6 Å². The van der Waals surface area contributed by atoms with E-state index in [0.717, 1.165) is 4.90 Å². The predicted octanol–water partition coefficient (Wildman–Crippen LogP) is 0.0193. The molecule has 5 N–H and O–H groups in total. The topological polar surface area (TPSA) is 243 Å². The highest BCUT2D eigenvalue weighted by Gasteiger charge is 2.69. The van der Waals surface area contributed by atoms with E-state index >= 15 is 0 Å². The largest absolute Gasteiger partial charge is 0.505 e. The number of fused-ring (bicyclic) bond motifs is 3. The molecule has 17 heteroatoms. The van der Waals surface area contributed by atoms with Gasteiger partial charge in [-0.2, -0.15) is 0 Å². The molecule has 6 atom stereocenters. The number of phenols is 1. The van der Waals surface area contributed by atoms with Gasteiger partial charge in [-0.3, -0.25) is 43.4 Å². The molecule has 0 saturated heterocycles. The van der Waals surface area contributed by atoms with Gasteiger partial charge in [-0.15, -0.1) is 0 Å². The SMILES string of the molecule is CCC(=O)OCOC(=O)N(CC(=O)Nc1cc(N(C)C)c2c(c1O)C(=O)C1C(=O)[C@]3(O)C(=O)C(C(N)=O)C(=O)[C@@H](N(C)C)[C@@H]3C[C@@H]1C2)C(C)(C)C. The summed E-state index contributed by atoms with van der Waals surface area (Å²) in [5.41, 5.74) is 1.74. The number of hydrogen-bond acceptors (Lipinski definition) is 14. The lowest BCUT2D eigenvalue weighted by molar-refractivity contribution is -0.181. The molecule has 3 amide bonds. The molecule has 0 spiro atoms. The molecule has 0 aromatic heterocycles. The number of nitrogens with one attached hydrogen (secondary N) is 1. The number of Topliss-reactive ketones (excluding diaryl/α,β-unsaturated/α-hetero) is 4. The number of aromatic hydroxyl groups is 1. The molecule has 3 aliphatic carbocycles. The van der Waals surface area contributed by atoms with Gasteiger partial charge in [0, 0.05) is 37.7 Å². The van der Waals surface area contributed by atoms with Gasteiger partial charge in [0.15, 0.2) is 34.7 Å². The van der Waals surface area contributed by atoms with Crippen LogP contribution in [0.25, 0.3) is 0 Å². The normalized spacial score (nSPS) is 25.7. The standard InChI is InChI=1S/C34H45N5O12/c1-9-21(41)50-14-51-32(48)39(33(2,3)4)13-20(40)36-18-12-19(37(5)6)16-10-15-11-17-25(38(7)8)28(44)24(31(35)47)30(46)34(17,49)29(45)22(15)27(43)23(16)26(18)42/h12,15,17,22,24-25,42,49H,9-11,13-14H2,1-8H3,(H2,35,47)(H,36,40)/t15-,17-,22?,24?,25-,34-/m0/s1. The molecular weight excluding hydrogens is 670 g/mol. The molecule has 17 nitrogen and oxygen atoms in total. The molecule has 51 heavy (non-hydrogen) atoms. The second kappa shape index (κ2) is 14.0. The van der Waals surface area contributed by atoms with Crippen LogP contribution in [0.4, 0.5) is 16.2 Å². The van der Waals surface area contributed by atoms with Gasteiger partial charge in [0.05, 0.1) is 23.2 Å². The zero-order valence-corrected chi connectivity index (χ0v) is 29.9. The summed E-state index contributed by atoms with van der Waals surface area (Å²) in [5.74, 6) is -13.6. The second-order valence-corrected chi connectivity index (χ2v) is 14.5. The maximum Gasteiger partial charge on any atom is 0.413 e. The average molecular weight is 716 g/mol. The van der Waals surface area contributed by atoms with Crippen LogP contribution >= 0.6 is 0 Å². The van der Waals surface area contributed by atoms with Gasteiger partial charge in [0.2, 0.25) is 18.6 Å². The zero-order valence-electron chi connectivity index (χ0n) is 29.9. The lowest BCUT2D eigenvalue weighted by Gasteiger charge is -2.52. The van der Waals surface area contributed by atoms with Gasteiger partial charge >= 0.3 is 12.1 Å². The lowest BCUT2D eigenvalue weighted by Crippen LogP contribution is -2.74. The zero-order chi connectivity index (χ0) is 38.5. The van der Waals surface area contributed by atoms with E-state index in [1.165, 1.54) is 25.1 Å². The Morgan fingerprint density at radius 1 is 1.04 bits per heavy atom. The predicted molar refractivity (Wildman–Crippen MR) is 179 cm³/mol. The number of carbonyl (C=O) groups excluding carboxylic acids is 8. The minimum Gasteiger partial charge on any atom is -0.505 e. The Morgan fingerprint density at radius 2 is 1.67 bits per heavy atom. The monoisotopic (exact) mass is 715 g/mol. The number of primary amides is 1. The molecule has 1 aromatic rings. The first kappa shape index (κ1) is 38.9. The number of aliphatic hydroxyl groups is 1. The molecule has 0 aliphatic heterocycles. The van der Waals surface area contributed by atoms with Crippen molar-refractivity contribution in [1.82, 2.24) is 9.80 Å². The number of likely N-dealkylation sites (N-methyl/N-ethyl adjacent to an activating group) is 1. The number of anilines is 2. The Morgan fingerprint density at radius 3 is 2.20 bits per heavy atom. The summed E-state index contributed by atoms with van der Waals surface area (Å²) in [6.45, 7) is 5.21. The summed E-state index contributed by atoms with van der Waals surface area (Å²) in [6.07, 6.45) is -1.000. The van der Waals surface area contributed by atoms with Gasteiger partial charge in [0.25, 0.3) is 0 Å². The number of amides is 3. The van der Waals surface area contributed by atoms with Crippen LogP contribution in [-0.4, -0.2) is 126 Å². The first-order chi connectivity index (χ1) is 23.6. The number of ketones is 4. The highest BCUT2D eigenvalue weighted by atomic mass is 16.7. The third-order valence-corrected chi connectivity index (χ3v) is 9.82. The van der Waals surface area contributed by atoms with Gasteiger partial charge in [0.1, 0.15) is 12.3 Å². The molecule has 1 aromatic carbocycles. The van der Waals surface area contributed by atoms with Gasteiger partial charge in [-0.1, -0.05) is 6.92 Å². The fraction of sp³-hybridized carbons (Fsp3) is 0.588. The molecule has 2 unspecified atom stereocenters. The fourth-order valence-electron chi connectivity index (χ4n) is 7.38. The maximum absolute atomic E-state index is 14.3. The Labute approximate surface area is 294 Å². The molecule has 4 rings (SSSR count). The number of benzene rings is 1. The Hall–Kier alpha value is -4.90. The van der Waals surface area contributed by atoms with Crippen molar-refractivity contribution in [3.63, 3.8) is 0 Å². The lowest BCUT2D eigenvalue weighted by atomic mass is 9.52. The molecule has 0 radical (unpaired) electrons. The number of phenolic OH excluding ortho intramolecular Hbond substituents is 1. The molecule has 0 heterocycles. The summed E-state index contributed by atoms with van der Waals surface area (Å²) < 4.78 is 9.80. The van der Waals surface area contributed by atoms with Crippen LogP contribution in [0.1, 0.15) is 56.5 Å². The third kappa shape index (κ3) is 6.79. The quantitative estimate of drug-likeness (QED) is 0.114. The number of rotatable bonds is 9. The van der Waals surface area contributed by atoms with Crippen LogP contribution in [-0.2, 0) is 44.7 Å². The van der Waals surface area contributed by atoms with Gasteiger partial charge in [-0.05, 0) is 65.3 Å². The van der Waals surface area contributed by atoms with E-state index in [9.17, 15) is 48.6 Å². The first-order valence-corrected chi connectivity index (χ1v) is 16.4. The average Bonchev–Trinajstić information content (AvgIpc) is 3.01. The number of nitrogens with two attached hydrogens (primary N) is 1. The van der Waals surface area contributed by atoms with Crippen molar-refractivity contribution in [3.05, 3.63) is 17.2 Å². The summed E-state index contributed by atoms with van der Waals surface area (Å²) in [7, 11) is 6.32. The Kier molecular flexibility index (Phi) is 10.7. The van der Waals surface area contributed by atoms with E-state index in [1.54, 1.807) is 46.7 Å². The van der Waals surface area contributed by atoms with Crippen LogP contribution < -0.4 is 16.0 Å². The van der Waals surface area contributed by atoms with Crippen LogP contribution in [0.3, 0.4) is 0 Å². The minimum absolute atomic E-state index is 0.0212. The number of carbonyl (C=O) groups is 8. The van der Waals surface area contributed by atoms with Crippen LogP contribution in [0.15, 0.2) is 6.07 Å². The van der Waals surface area contributed by atoms with Crippen molar-refractivity contribution in [2.24, 2.45) is 29.4 Å². The second-order valence-electron chi connectivity index (χ2n) is 14.5. The minimum atomic E-state index is -2.89. The maximum atomic E-state index is 14.3. The fourth-order valence-corrected chi connectivity index (χ4v) is 7.38. The van der Waals surface area contributed by atoms with Crippen molar-refractivity contribution in [2.75, 3.05) is 51.7 Å². The van der Waals surface area contributed by atoms with Gasteiger partial charge in [-0.25, -0.2) is 4.79 Å². The van der Waals surface area contributed by atoms with E-state index in [0.29, 0.717) is 11.3 Å². The number of nitrogens with zero attached hydrogens (tertiary/aromatic N) is 3. The van der Waals surface area contributed by atoms with Crippen LogP contribution in [0, 0.1) is 23.7 Å². The molecule has 3 aliphatic rings. The van der Waals surface area contributed by atoms with Crippen molar-refractivity contribution in [1.29, 1.82) is 0 Å². The van der Waals surface area contributed by atoms with Crippen molar-refractivity contribution < 1.29 is 58.0 Å². The molecule has 278 valence electrons. The summed E-state index contributed by atoms with van der Waals surface area (Å²) >= 11 is 0. The van der Waals surface area contributed by atoms with Crippen LogP contribution in [0.5, 0.6) is 5.75 Å². The van der Waals surface area contributed by atoms with E-state index < -0.39 is 107 Å². The summed E-state index contributed by atoms with van der Waals surface area (Å²) in [5, 5.41) is 25.8. The highest BCUT2D eigenvalue weighted by Crippen LogP contribution is 2.52. The smallest absolute Gasteiger partial charge is 0.413 e. The molecule has 0 bridgehead atoms. The van der Waals surface area contributed by atoms with Crippen molar-refractivity contribution in [2.45, 2.75) is 64.1 Å². The van der Waals surface area contributed by atoms with E-state index in [4.69, 9.17) is 15.2 Å². The molecular formula is C34H45N5O12. The van der Waals surface area contributed by atoms with Crippen molar-refractivity contribution in [3.8, 4) is 5.75 Å². The molecule has 2 saturated carbocycles. The summed E-state index contributed by atoms with van der Waals surface area (Å²) in [6, 6.07) is 0.195. The Bertz CT molecular complexity index is 1700. The molecule has 2 fully saturated rings. The highest BCUT2D eigenvalue weighted by molar-refractivity contribution is 6.32. The third-order valence-electron chi connectivity index (χ3n) is 9.82. The number of hydrogen-bond donors (Lipinski definition) is 4. The summed E-state index contributed by atoms with van der Waals surface area (Å²) in [4.78, 5) is 109. The van der Waals surface area contributed by atoms with E-state index in [1.807, 2.05) is 0 Å².